The first kappa shape index (κ1) is 10.5. The Kier molecular flexibility index (Phi) is 2.52. The Morgan fingerprint density at radius 1 is 1.56 bits per heavy atom. The lowest BCUT2D eigenvalue weighted by Gasteiger charge is -1.98. The van der Waals surface area contributed by atoms with Gasteiger partial charge in [0, 0.05) is 18.1 Å². The van der Waals surface area contributed by atoms with Crippen molar-refractivity contribution in [2.45, 2.75) is 13.8 Å². The number of rotatable bonds is 2. The maximum Gasteiger partial charge on any atom is 0.358 e. The lowest BCUT2D eigenvalue weighted by atomic mass is 10.3. The fourth-order valence-electron chi connectivity index (χ4n) is 1.60. The molecule has 0 aliphatic heterocycles. The molecule has 2 heterocycles. The number of imidazole rings is 1. The summed E-state index contributed by atoms with van der Waals surface area (Å²) in [4.78, 5) is 15.7. The van der Waals surface area contributed by atoms with Crippen LogP contribution in [0.5, 0.6) is 0 Å². The topological polar surface area (TPSA) is 69.6 Å². The molecule has 0 amide bonds. The molecule has 0 atom stereocenters. The van der Waals surface area contributed by atoms with Crippen molar-refractivity contribution in [2.24, 2.45) is 0 Å². The van der Waals surface area contributed by atoms with Gasteiger partial charge in [0.25, 0.3) is 0 Å². The summed E-state index contributed by atoms with van der Waals surface area (Å²) < 4.78 is 6.61. The number of fused-ring (bicyclic) bond motifs is 1. The summed E-state index contributed by atoms with van der Waals surface area (Å²) in [6.07, 6.45) is 3.34. The maximum absolute atomic E-state index is 11.5. The number of aryl methyl sites for hydroxylation is 1. The lowest BCUT2D eigenvalue weighted by molar-refractivity contribution is 0.0520. The molecule has 0 unspecified atom stereocenters. The minimum Gasteiger partial charge on any atom is -0.461 e. The highest BCUT2D eigenvalue weighted by atomic mass is 16.5. The Hall–Kier alpha value is -2.04. The molecule has 2 rings (SSSR count). The van der Waals surface area contributed by atoms with Crippen molar-refractivity contribution in [3.05, 3.63) is 29.7 Å². The summed E-state index contributed by atoms with van der Waals surface area (Å²) >= 11 is 0. The van der Waals surface area contributed by atoms with Crippen molar-refractivity contribution in [1.82, 2.24) is 9.38 Å². The molecule has 0 aromatic carbocycles. The number of nitrogen functional groups attached to an aromatic ring is 1. The average molecular weight is 219 g/mol. The third kappa shape index (κ3) is 1.71. The molecular weight excluding hydrogens is 206 g/mol. The van der Waals surface area contributed by atoms with Gasteiger partial charge in [0.05, 0.1) is 6.61 Å². The fraction of sp³-hybridized carbons (Fsp3) is 0.273. The van der Waals surface area contributed by atoms with Crippen LogP contribution in [0, 0.1) is 6.92 Å². The van der Waals surface area contributed by atoms with E-state index in [1.54, 1.807) is 23.7 Å². The van der Waals surface area contributed by atoms with E-state index >= 15 is 0 Å². The Balaban J connectivity index is 2.51. The summed E-state index contributed by atoms with van der Waals surface area (Å²) in [6.45, 7) is 4.00. The number of pyridine rings is 1. The van der Waals surface area contributed by atoms with E-state index in [1.807, 2.05) is 13.0 Å². The van der Waals surface area contributed by atoms with Crippen LogP contribution in [0.2, 0.25) is 0 Å². The number of ether oxygens (including phenoxy) is 1. The molecule has 2 aromatic rings. The number of nitrogens with two attached hydrogens (primary N) is 1. The van der Waals surface area contributed by atoms with E-state index in [-0.39, 0.29) is 0 Å². The quantitative estimate of drug-likeness (QED) is 0.775. The molecule has 84 valence electrons. The number of hydrogen-bond acceptors (Lipinski definition) is 4. The number of anilines is 1. The van der Waals surface area contributed by atoms with Crippen molar-refractivity contribution in [2.75, 3.05) is 12.3 Å². The van der Waals surface area contributed by atoms with Gasteiger partial charge in [0.15, 0.2) is 5.69 Å². The first-order valence-corrected chi connectivity index (χ1v) is 5.03. The zero-order chi connectivity index (χ0) is 11.7. The Morgan fingerprint density at radius 3 is 3.00 bits per heavy atom. The van der Waals surface area contributed by atoms with Crippen molar-refractivity contribution < 1.29 is 9.53 Å². The van der Waals surface area contributed by atoms with E-state index in [0.29, 0.717) is 18.0 Å². The Morgan fingerprint density at radius 2 is 2.31 bits per heavy atom. The number of carbonyl (C=O) groups excluding carboxylic acids is 1. The number of carbonyl (C=O) groups is 1. The normalized spacial score (nSPS) is 10.6. The van der Waals surface area contributed by atoms with Gasteiger partial charge in [-0.05, 0) is 25.5 Å². The predicted molar refractivity (Wildman–Crippen MR) is 60.3 cm³/mol. The fourth-order valence-corrected chi connectivity index (χ4v) is 1.60. The van der Waals surface area contributed by atoms with Gasteiger partial charge in [-0.25, -0.2) is 9.78 Å². The standard InChI is InChI=1S/C11H13N3O2/c1-3-16-11(15)9-6-14-5-8(12)4-7(2)10(14)13-9/h4-6H,3,12H2,1-2H3. The van der Waals surface area contributed by atoms with Crippen molar-refractivity contribution in [3.63, 3.8) is 0 Å². The highest BCUT2D eigenvalue weighted by Gasteiger charge is 2.12. The second kappa shape index (κ2) is 3.84. The zero-order valence-corrected chi connectivity index (χ0v) is 9.23. The zero-order valence-electron chi connectivity index (χ0n) is 9.23. The van der Waals surface area contributed by atoms with Crippen molar-refractivity contribution >= 4 is 17.3 Å². The van der Waals surface area contributed by atoms with Crippen LogP contribution in [-0.4, -0.2) is 22.0 Å². The molecule has 0 aliphatic rings. The number of hydrogen-bond donors (Lipinski definition) is 1. The molecule has 0 fully saturated rings. The highest BCUT2D eigenvalue weighted by Crippen LogP contribution is 2.14. The summed E-state index contributed by atoms with van der Waals surface area (Å²) in [5, 5.41) is 0. The van der Waals surface area contributed by atoms with E-state index in [9.17, 15) is 4.79 Å². The molecule has 0 radical (unpaired) electrons. The van der Waals surface area contributed by atoms with Crippen LogP contribution in [0.25, 0.3) is 5.65 Å². The third-order valence-electron chi connectivity index (χ3n) is 2.24. The molecule has 5 nitrogen and oxygen atoms in total. The van der Waals surface area contributed by atoms with Crippen LogP contribution in [0.1, 0.15) is 23.0 Å². The predicted octanol–water partition coefficient (Wildman–Crippen LogP) is 1.40. The van der Waals surface area contributed by atoms with Crippen LogP contribution in [0.4, 0.5) is 5.69 Å². The Labute approximate surface area is 92.8 Å². The molecule has 2 aromatic heterocycles. The second-order valence-corrected chi connectivity index (χ2v) is 3.53. The molecule has 0 aliphatic carbocycles. The van der Waals surface area contributed by atoms with Gasteiger partial charge in [-0.1, -0.05) is 0 Å². The molecule has 0 saturated heterocycles. The van der Waals surface area contributed by atoms with Crippen LogP contribution in [0.15, 0.2) is 18.5 Å². The lowest BCUT2D eigenvalue weighted by Crippen LogP contribution is -2.04. The minimum atomic E-state index is -0.413. The van der Waals surface area contributed by atoms with Crippen LogP contribution in [0.3, 0.4) is 0 Å². The summed E-state index contributed by atoms with van der Waals surface area (Å²) in [6, 6.07) is 1.82. The van der Waals surface area contributed by atoms with E-state index in [4.69, 9.17) is 10.5 Å². The first-order chi connectivity index (χ1) is 7.61. The smallest absolute Gasteiger partial charge is 0.358 e. The molecular formula is C11H13N3O2. The van der Waals surface area contributed by atoms with E-state index in [0.717, 1.165) is 11.2 Å². The maximum atomic E-state index is 11.5. The van der Waals surface area contributed by atoms with Crippen LogP contribution >= 0.6 is 0 Å². The first-order valence-electron chi connectivity index (χ1n) is 5.03. The molecule has 16 heavy (non-hydrogen) atoms. The minimum absolute atomic E-state index is 0.301. The van der Waals surface area contributed by atoms with Gasteiger partial charge in [0.1, 0.15) is 5.65 Å². The van der Waals surface area contributed by atoms with E-state index in [1.165, 1.54) is 0 Å². The van der Waals surface area contributed by atoms with Gasteiger partial charge < -0.3 is 14.9 Å². The van der Waals surface area contributed by atoms with Crippen molar-refractivity contribution in [1.29, 1.82) is 0 Å². The summed E-state index contributed by atoms with van der Waals surface area (Å²) in [5.74, 6) is -0.413. The molecule has 2 N–H and O–H groups in total. The molecule has 0 saturated carbocycles. The van der Waals surface area contributed by atoms with Gasteiger partial charge in [-0.2, -0.15) is 0 Å². The third-order valence-corrected chi connectivity index (χ3v) is 2.24. The molecule has 5 heteroatoms. The number of nitrogens with zero attached hydrogens (tertiary/aromatic N) is 2. The van der Waals surface area contributed by atoms with Crippen molar-refractivity contribution in [3.8, 4) is 0 Å². The number of esters is 1. The average Bonchev–Trinajstić information content (AvgIpc) is 2.62. The van der Waals surface area contributed by atoms with Crippen LogP contribution < -0.4 is 5.73 Å². The van der Waals surface area contributed by atoms with Gasteiger partial charge in [0.2, 0.25) is 0 Å². The summed E-state index contributed by atoms with van der Waals surface area (Å²) in [7, 11) is 0. The largest absolute Gasteiger partial charge is 0.461 e. The molecule has 0 bridgehead atoms. The second-order valence-electron chi connectivity index (χ2n) is 3.53. The highest BCUT2D eigenvalue weighted by molar-refractivity contribution is 5.88. The van der Waals surface area contributed by atoms with Crippen LogP contribution in [-0.2, 0) is 4.74 Å². The molecule has 0 spiro atoms. The Bertz CT molecular complexity index is 545. The van der Waals surface area contributed by atoms with Gasteiger partial charge >= 0.3 is 5.97 Å². The summed E-state index contributed by atoms with van der Waals surface area (Å²) in [5.41, 5.74) is 8.29. The van der Waals surface area contributed by atoms with Gasteiger partial charge in [-0.15, -0.1) is 0 Å². The monoisotopic (exact) mass is 219 g/mol. The van der Waals surface area contributed by atoms with E-state index < -0.39 is 5.97 Å². The van der Waals surface area contributed by atoms with Gasteiger partial charge in [-0.3, -0.25) is 0 Å². The number of aromatic nitrogens is 2. The van der Waals surface area contributed by atoms with E-state index in [2.05, 4.69) is 4.98 Å². The SMILES string of the molecule is CCOC(=O)c1cn2cc(N)cc(C)c2n1.